The lowest BCUT2D eigenvalue weighted by atomic mass is 9.84. The Morgan fingerprint density at radius 3 is 2.50 bits per heavy atom. The van der Waals surface area contributed by atoms with Gasteiger partial charge >= 0.3 is 5.97 Å². The number of carbonyl (C=O) groups excluding carboxylic acids is 2. The van der Waals surface area contributed by atoms with Gasteiger partial charge in [-0.15, -0.1) is 0 Å². The third-order valence-corrected chi connectivity index (χ3v) is 3.11. The first-order chi connectivity index (χ1) is 7.45. The van der Waals surface area contributed by atoms with Crippen molar-refractivity contribution < 1.29 is 14.3 Å². The van der Waals surface area contributed by atoms with Crippen LogP contribution in [0.4, 0.5) is 0 Å². The standard InChI is InChI=1S/C13H22O3/c1-13(2,3)12(15)16-11-7-5-4-6-10(11)8-9-14/h9-11H,4-8H2,1-3H3/t10-,11-/m0/s1. The second kappa shape index (κ2) is 5.46. The largest absolute Gasteiger partial charge is 0.462 e. The molecule has 0 unspecified atom stereocenters. The topological polar surface area (TPSA) is 43.4 Å². The summed E-state index contributed by atoms with van der Waals surface area (Å²) in [4.78, 5) is 22.3. The van der Waals surface area contributed by atoms with E-state index in [-0.39, 0.29) is 18.0 Å². The van der Waals surface area contributed by atoms with Gasteiger partial charge in [0, 0.05) is 12.3 Å². The molecule has 16 heavy (non-hydrogen) atoms. The Labute approximate surface area is 97.5 Å². The molecule has 0 aromatic carbocycles. The van der Waals surface area contributed by atoms with Crippen LogP contribution in [0.25, 0.3) is 0 Å². The van der Waals surface area contributed by atoms with Crippen LogP contribution in [0.1, 0.15) is 52.9 Å². The molecule has 0 amide bonds. The molecule has 1 rings (SSSR count). The van der Waals surface area contributed by atoms with Gasteiger partial charge in [-0.05, 0) is 40.0 Å². The third-order valence-electron chi connectivity index (χ3n) is 3.11. The van der Waals surface area contributed by atoms with Gasteiger partial charge in [-0.25, -0.2) is 0 Å². The molecule has 2 atom stereocenters. The Kier molecular flexibility index (Phi) is 4.51. The summed E-state index contributed by atoms with van der Waals surface area (Å²) < 4.78 is 5.52. The monoisotopic (exact) mass is 226 g/mol. The lowest BCUT2D eigenvalue weighted by Gasteiger charge is -2.32. The van der Waals surface area contributed by atoms with Gasteiger partial charge in [0.05, 0.1) is 5.41 Å². The summed E-state index contributed by atoms with van der Waals surface area (Å²) in [5.74, 6) is 0.0767. The molecule has 0 aromatic heterocycles. The van der Waals surface area contributed by atoms with Crippen LogP contribution < -0.4 is 0 Å². The van der Waals surface area contributed by atoms with Gasteiger partial charge in [0.1, 0.15) is 12.4 Å². The van der Waals surface area contributed by atoms with E-state index in [1.807, 2.05) is 20.8 Å². The van der Waals surface area contributed by atoms with Crippen molar-refractivity contribution in [1.82, 2.24) is 0 Å². The fourth-order valence-electron chi connectivity index (χ4n) is 2.04. The van der Waals surface area contributed by atoms with Crippen LogP contribution in [-0.4, -0.2) is 18.4 Å². The number of aldehydes is 1. The molecular weight excluding hydrogens is 204 g/mol. The smallest absolute Gasteiger partial charge is 0.311 e. The van der Waals surface area contributed by atoms with Crippen LogP contribution in [0, 0.1) is 11.3 Å². The molecule has 3 heteroatoms. The van der Waals surface area contributed by atoms with Crippen LogP contribution in [0.15, 0.2) is 0 Å². The van der Waals surface area contributed by atoms with E-state index in [2.05, 4.69) is 0 Å². The van der Waals surface area contributed by atoms with Gasteiger partial charge in [0.15, 0.2) is 0 Å². The highest BCUT2D eigenvalue weighted by Gasteiger charge is 2.31. The highest BCUT2D eigenvalue weighted by Crippen LogP contribution is 2.30. The van der Waals surface area contributed by atoms with Crippen molar-refractivity contribution in [3.63, 3.8) is 0 Å². The van der Waals surface area contributed by atoms with Crippen molar-refractivity contribution in [2.24, 2.45) is 11.3 Å². The van der Waals surface area contributed by atoms with Gasteiger partial charge in [-0.1, -0.05) is 6.42 Å². The zero-order chi connectivity index (χ0) is 12.2. The molecule has 0 heterocycles. The van der Waals surface area contributed by atoms with E-state index in [9.17, 15) is 9.59 Å². The SMILES string of the molecule is CC(C)(C)C(=O)O[C@H]1CCCC[C@H]1CC=O. The van der Waals surface area contributed by atoms with Crippen molar-refractivity contribution >= 4 is 12.3 Å². The summed E-state index contributed by atoms with van der Waals surface area (Å²) >= 11 is 0. The summed E-state index contributed by atoms with van der Waals surface area (Å²) in [6.07, 6.45) is 5.54. The zero-order valence-corrected chi connectivity index (χ0v) is 10.5. The lowest BCUT2D eigenvalue weighted by Crippen LogP contribution is -2.34. The maximum Gasteiger partial charge on any atom is 0.311 e. The molecule has 0 radical (unpaired) electrons. The second-order valence-electron chi connectivity index (χ2n) is 5.64. The van der Waals surface area contributed by atoms with Crippen molar-refractivity contribution in [2.45, 2.75) is 59.0 Å². The number of hydrogen-bond acceptors (Lipinski definition) is 3. The lowest BCUT2D eigenvalue weighted by molar-refractivity contribution is -0.163. The molecule has 1 aliphatic carbocycles. The molecule has 1 fully saturated rings. The summed E-state index contributed by atoms with van der Waals surface area (Å²) in [7, 11) is 0. The van der Waals surface area contributed by atoms with E-state index >= 15 is 0 Å². The first-order valence-electron chi connectivity index (χ1n) is 6.10. The van der Waals surface area contributed by atoms with Crippen molar-refractivity contribution in [1.29, 1.82) is 0 Å². The summed E-state index contributed by atoms with van der Waals surface area (Å²) in [5.41, 5.74) is -0.455. The first-order valence-corrected chi connectivity index (χ1v) is 6.10. The Hall–Kier alpha value is -0.860. The zero-order valence-electron chi connectivity index (χ0n) is 10.5. The van der Waals surface area contributed by atoms with Crippen LogP contribution in [0.5, 0.6) is 0 Å². The molecule has 3 nitrogen and oxygen atoms in total. The van der Waals surface area contributed by atoms with Crippen LogP contribution in [0.2, 0.25) is 0 Å². The van der Waals surface area contributed by atoms with Gasteiger partial charge < -0.3 is 9.53 Å². The molecule has 1 saturated carbocycles. The predicted octanol–water partition coefficient (Wildman–Crippen LogP) is 2.72. The van der Waals surface area contributed by atoms with E-state index in [1.165, 1.54) is 0 Å². The van der Waals surface area contributed by atoms with E-state index in [0.717, 1.165) is 32.0 Å². The predicted molar refractivity (Wildman–Crippen MR) is 62.0 cm³/mol. The van der Waals surface area contributed by atoms with E-state index in [1.54, 1.807) is 0 Å². The Morgan fingerprint density at radius 2 is 1.94 bits per heavy atom. The average molecular weight is 226 g/mol. The maximum absolute atomic E-state index is 11.8. The van der Waals surface area contributed by atoms with Gasteiger partial charge in [0.25, 0.3) is 0 Å². The average Bonchev–Trinajstić information content (AvgIpc) is 2.20. The van der Waals surface area contributed by atoms with E-state index < -0.39 is 5.41 Å². The molecule has 1 aliphatic rings. The molecule has 0 aliphatic heterocycles. The minimum absolute atomic E-state index is 0.0503. The molecule has 0 aromatic rings. The molecule has 0 saturated heterocycles. The fraction of sp³-hybridized carbons (Fsp3) is 0.846. The Bertz CT molecular complexity index is 252. The quantitative estimate of drug-likeness (QED) is 0.549. The molecule has 0 N–H and O–H groups in total. The number of carbonyl (C=O) groups is 2. The van der Waals surface area contributed by atoms with Gasteiger partial charge in [-0.3, -0.25) is 4.79 Å². The van der Waals surface area contributed by atoms with Gasteiger partial charge in [-0.2, -0.15) is 0 Å². The Morgan fingerprint density at radius 1 is 1.31 bits per heavy atom. The third kappa shape index (κ3) is 3.62. The maximum atomic E-state index is 11.8. The van der Waals surface area contributed by atoms with Crippen molar-refractivity contribution in [3.05, 3.63) is 0 Å². The Balaban J connectivity index is 2.55. The highest BCUT2D eigenvalue weighted by atomic mass is 16.5. The number of ether oxygens (including phenoxy) is 1. The molecule has 0 bridgehead atoms. The minimum atomic E-state index is -0.455. The molecule has 0 spiro atoms. The molecule has 92 valence electrons. The molecular formula is C13H22O3. The first kappa shape index (κ1) is 13.2. The van der Waals surface area contributed by atoms with E-state index in [4.69, 9.17) is 4.74 Å². The van der Waals surface area contributed by atoms with Crippen LogP contribution in [0.3, 0.4) is 0 Å². The summed E-state index contributed by atoms with van der Waals surface area (Å²) in [6, 6.07) is 0. The normalized spacial score (nSPS) is 26.2. The van der Waals surface area contributed by atoms with Crippen molar-refractivity contribution in [3.8, 4) is 0 Å². The highest BCUT2D eigenvalue weighted by molar-refractivity contribution is 5.75. The number of hydrogen-bond donors (Lipinski definition) is 0. The second-order valence-corrected chi connectivity index (χ2v) is 5.64. The van der Waals surface area contributed by atoms with E-state index in [0.29, 0.717) is 6.42 Å². The number of esters is 1. The fourth-order valence-corrected chi connectivity index (χ4v) is 2.04. The van der Waals surface area contributed by atoms with Crippen LogP contribution in [-0.2, 0) is 14.3 Å². The minimum Gasteiger partial charge on any atom is -0.462 e. The van der Waals surface area contributed by atoms with Crippen LogP contribution >= 0.6 is 0 Å². The van der Waals surface area contributed by atoms with Gasteiger partial charge in [0.2, 0.25) is 0 Å². The summed E-state index contributed by atoms with van der Waals surface area (Å²) in [6.45, 7) is 5.56. The summed E-state index contributed by atoms with van der Waals surface area (Å²) in [5, 5.41) is 0. The van der Waals surface area contributed by atoms with Crippen molar-refractivity contribution in [2.75, 3.05) is 0 Å². The number of rotatable bonds is 3.